The van der Waals surface area contributed by atoms with Crippen LogP contribution in [0.5, 0.6) is 0 Å². The number of amides is 3. The van der Waals surface area contributed by atoms with Crippen LogP contribution in [0.4, 0.5) is 0 Å². The Hall–Kier alpha value is -3.39. The number of aliphatic hydroxyl groups excluding tert-OH is 26. The van der Waals surface area contributed by atoms with Crippen LogP contribution >= 0.6 is 0 Å². The van der Waals surface area contributed by atoms with Gasteiger partial charge < -0.3 is 239 Å². The quantitative estimate of drug-likeness (QED) is 0.0331. The van der Waals surface area contributed by atoms with E-state index < -0.39 is 371 Å². The largest absolute Gasteiger partial charge is 0.394 e. The van der Waals surface area contributed by atoms with Crippen molar-refractivity contribution in [1.29, 1.82) is 0 Å². The second-order valence-electron chi connectivity index (χ2n) is 29.7. The van der Waals surface area contributed by atoms with Crippen LogP contribution in [0, 0.1) is 0 Å². The number of hydrogen-bond donors (Lipinski definition) is 29. The summed E-state index contributed by atoms with van der Waals surface area (Å²) in [5, 5.41) is 297. The molecule has 0 bridgehead atoms. The number of nitrogens with one attached hydrogen (secondary N) is 3. The van der Waals surface area contributed by atoms with Crippen molar-refractivity contribution in [1.82, 2.24) is 16.0 Å². The van der Waals surface area contributed by atoms with Gasteiger partial charge in [0.15, 0.2) is 62.9 Å². The lowest BCUT2D eigenvalue weighted by atomic mass is 9.93. The van der Waals surface area contributed by atoms with Crippen LogP contribution in [0.2, 0.25) is 0 Å². The predicted octanol–water partition coefficient (Wildman–Crippen LogP) is -19.7. The third-order valence-corrected chi connectivity index (χ3v) is 21.6. The van der Waals surface area contributed by atoms with E-state index in [2.05, 4.69) is 16.0 Å². The zero-order valence-corrected chi connectivity index (χ0v) is 62.6. The molecular formula is C65H109N3O48. The molecule has 10 saturated heterocycles. The number of carbonyl (C=O) groups excluding carboxylic acids is 3. The van der Waals surface area contributed by atoms with Crippen LogP contribution < -0.4 is 16.0 Å². The van der Waals surface area contributed by atoms with E-state index in [0.717, 1.165) is 20.8 Å². The molecule has 0 spiro atoms. The normalized spacial score (nSPS) is 51.0. The van der Waals surface area contributed by atoms with Crippen molar-refractivity contribution in [2.75, 3.05) is 52.9 Å². The molecule has 49 atom stereocenters. The molecule has 0 aromatic carbocycles. The first-order chi connectivity index (χ1) is 54.9. The highest BCUT2D eigenvalue weighted by molar-refractivity contribution is 5.74. The van der Waals surface area contributed by atoms with Crippen LogP contribution in [0.15, 0.2) is 0 Å². The molecule has 51 nitrogen and oxygen atoms in total. The molecule has 51 heteroatoms. The first-order valence-corrected chi connectivity index (χ1v) is 37.3. The van der Waals surface area contributed by atoms with Crippen LogP contribution in [0.1, 0.15) is 34.6 Å². The zero-order valence-electron chi connectivity index (χ0n) is 62.6. The van der Waals surface area contributed by atoms with Gasteiger partial charge >= 0.3 is 0 Å². The Labute approximate surface area is 657 Å². The summed E-state index contributed by atoms with van der Waals surface area (Å²) in [6.07, 6.45) is -96.1. The Morgan fingerprint density at radius 2 is 0.534 bits per heavy atom. The highest BCUT2D eigenvalue weighted by Gasteiger charge is 2.63. The van der Waals surface area contributed by atoms with E-state index in [4.69, 9.17) is 90.0 Å². The first kappa shape index (κ1) is 94.9. The molecule has 0 saturated carbocycles. The van der Waals surface area contributed by atoms with Crippen molar-refractivity contribution in [3.8, 4) is 0 Å². The van der Waals surface area contributed by atoms with E-state index in [9.17, 15) is 147 Å². The lowest BCUT2D eigenvalue weighted by Crippen LogP contribution is -2.72. The lowest BCUT2D eigenvalue weighted by molar-refractivity contribution is -0.410. The van der Waals surface area contributed by atoms with Gasteiger partial charge in [-0.15, -0.1) is 0 Å². The zero-order chi connectivity index (χ0) is 85.2. The molecule has 0 radical (unpaired) electrons. The Bertz CT molecular complexity index is 3080. The van der Waals surface area contributed by atoms with E-state index in [0.29, 0.717) is 0 Å². The number of hydrogen-bond acceptors (Lipinski definition) is 48. The first-order valence-electron chi connectivity index (χ1n) is 37.3. The Morgan fingerprint density at radius 3 is 1.01 bits per heavy atom. The van der Waals surface area contributed by atoms with E-state index in [1.54, 1.807) is 0 Å². The summed E-state index contributed by atoms with van der Waals surface area (Å²) in [5.41, 5.74) is 0. The SMILES string of the molecule is CC(=O)N[C@@H]1[C@@H](O[C@@H]2O[C@@H](C)[C@@H](O)[C@@H](O)[C@@H]2O)[C@H](O[C@@H]2O[C@H](CO)[C@@H](O[C@@H]3O[C@H](CO[C@H]4O[C@H](CO)[C@@H](O)[C@H](O)[C@@H]4O)[C@@H](O)[C@H](O[C@H]4O[C@H](CO)[C@@H](O)[C@H](O)[C@@H]4O[C@@H]4O[C@H](CO)[C@@H](O[C@@H]5O[C@@H](C)[C@@H](O)[C@@H](O)[C@@H]5O)[C@H](O[C@H]5O[C@H](CO)[C@H](O)[C@H](O)[C@H]5O)[C@H]4NC(C)=O)[C@@H]3O[C@@H]3O[C@H](CO)[C@H](O)[C@H]3O)[C@H](O)[C@H]2NC(C)=O)[C@@H](CO)O[C@H]1O. The maximum absolute atomic E-state index is 13.6. The number of rotatable bonds is 29. The summed E-state index contributed by atoms with van der Waals surface area (Å²) >= 11 is 0. The fourth-order valence-corrected chi connectivity index (χ4v) is 15.2. The second kappa shape index (κ2) is 40.9. The van der Waals surface area contributed by atoms with Gasteiger partial charge in [0.05, 0.1) is 65.1 Å². The van der Waals surface area contributed by atoms with E-state index in [-0.39, 0.29) is 0 Å². The van der Waals surface area contributed by atoms with E-state index in [1.165, 1.54) is 13.8 Å². The predicted molar refractivity (Wildman–Crippen MR) is 356 cm³/mol. The summed E-state index contributed by atoms with van der Waals surface area (Å²) < 4.78 is 115. The van der Waals surface area contributed by atoms with Crippen molar-refractivity contribution in [3.63, 3.8) is 0 Å². The lowest BCUT2D eigenvalue weighted by Gasteiger charge is -2.52. The smallest absolute Gasteiger partial charge is 0.217 e. The van der Waals surface area contributed by atoms with Gasteiger partial charge in [-0.05, 0) is 13.8 Å². The maximum Gasteiger partial charge on any atom is 0.217 e. The summed E-state index contributed by atoms with van der Waals surface area (Å²) in [7, 11) is 0. The molecule has 10 fully saturated rings. The molecule has 0 aliphatic carbocycles. The molecule has 10 aliphatic heterocycles. The van der Waals surface area contributed by atoms with Gasteiger partial charge in [-0.1, -0.05) is 0 Å². The molecule has 10 heterocycles. The number of ether oxygens (including phenoxy) is 19. The van der Waals surface area contributed by atoms with Crippen LogP contribution in [0.25, 0.3) is 0 Å². The van der Waals surface area contributed by atoms with Gasteiger partial charge in [0.2, 0.25) is 17.7 Å². The van der Waals surface area contributed by atoms with Crippen LogP contribution in [-0.2, 0) is 104 Å². The third-order valence-electron chi connectivity index (χ3n) is 21.6. The molecule has 672 valence electrons. The van der Waals surface area contributed by atoms with Gasteiger partial charge in [-0.3, -0.25) is 14.4 Å². The summed E-state index contributed by atoms with van der Waals surface area (Å²) in [6, 6.07) is -5.93. The standard InChI is InChI=1S/C65H109N3O48/c1-14-30(79)38(87)45(94)60(99-14)111-50-25(12-75)107-58(29(68-18(5)78)52(50)113-63-47(96)41(90)33(82)20(7-70)103-63)115-54-42(91)34(83)21(8-71)105-64(54)114-53-36(85)26(13-98-59-44(93)40(89)32(81)19(6-69)102-59)108-65(55(53)116-62-43(92)35(84)22(9-72)104-62)109-48-23(10-73)106-57(27(37(48)86)66-16(3)76)110-49-24(11-74)101-56(97)28(67-17(4)77)51(49)112-61-46(95)39(88)31(80)15(2)100-61/h14-15,19-65,69-75,79-97H,6-13H2,1-5H3,(H,66,76)(H,67,77)(H,68,78)/t14-,15-,19+,20+,21+,22+,23+,24+,25+,26+,27+,28+,29+,30+,31+,32+,33-,34+,35-,36+,37+,38+,39+,40-,41-,42-,43+,44-,45-,46-,47+,48+,49+,50+,51+,52+,53-,54-,55-,56+,57-,58-,59-,60-,61-,62-,63+,64+,65-/m0/s1. The molecule has 10 rings (SSSR count). The maximum atomic E-state index is 13.6. The fraction of sp³-hybridized carbons (Fsp3) is 0.954. The Balaban J connectivity index is 1.06. The third kappa shape index (κ3) is 20.3. The van der Waals surface area contributed by atoms with Gasteiger partial charge in [-0.2, -0.15) is 0 Å². The molecular weight excluding hydrogens is 1590 g/mol. The molecule has 0 aromatic heterocycles. The van der Waals surface area contributed by atoms with Crippen LogP contribution in [0.3, 0.4) is 0 Å². The van der Waals surface area contributed by atoms with Gasteiger partial charge in [-0.25, -0.2) is 0 Å². The summed E-state index contributed by atoms with van der Waals surface area (Å²) in [6.45, 7) is -3.81. The highest BCUT2D eigenvalue weighted by atomic mass is 16.8. The van der Waals surface area contributed by atoms with Crippen molar-refractivity contribution < 1.29 is 237 Å². The van der Waals surface area contributed by atoms with Crippen molar-refractivity contribution in [2.24, 2.45) is 0 Å². The average Bonchev–Trinajstić information content (AvgIpc) is 0.870. The Morgan fingerprint density at radius 1 is 0.241 bits per heavy atom. The van der Waals surface area contributed by atoms with Crippen LogP contribution in [-0.4, -0.2) is 504 Å². The fourth-order valence-electron chi connectivity index (χ4n) is 15.2. The number of carbonyl (C=O) groups is 3. The van der Waals surface area contributed by atoms with E-state index in [1.807, 2.05) is 0 Å². The number of aliphatic hydroxyl groups is 26. The molecule has 29 N–H and O–H groups in total. The van der Waals surface area contributed by atoms with Gasteiger partial charge in [0.1, 0.15) is 226 Å². The minimum Gasteiger partial charge on any atom is -0.394 e. The molecule has 3 amide bonds. The monoisotopic (exact) mass is 1700 g/mol. The van der Waals surface area contributed by atoms with Gasteiger partial charge in [0, 0.05) is 20.8 Å². The van der Waals surface area contributed by atoms with Crippen molar-refractivity contribution in [2.45, 2.75) is 335 Å². The topological polar surface area (TPSA) is 789 Å². The van der Waals surface area contributed by atoms with E-state index >= 15 is 0 Å². The average molecular weight is 1700 g/mol. The molecule has 116 heavy (non-hydrogen) atoms. The Kier molecular flexibility index (Phi) is 33.5. The van der Waals surface area contributed by atoms with Gasteiger partial charge in [0.25, 0.3) is 0 Å². The summed E-state index contributed by atoms with van der Waals surface area (Å²) in [4.78, 5) is 39.7. The summed E-state index contributed by atoms with van der Waals surface area (Å²) in [5.74, 6) is -2.91. The molecule has 10 aliphatic rings. The second-order valence-corrected chi connectivity index (χ2v) is 29.7. The highest BCUT2D eigenvalue weighted by Crippen LogP contribution is 2.42. The molecule has 0 unspecified atom stereocenters. The minimum absolute atomic E-state index is 0.862. The van der Waals surface area contributed by atoms with Crippen molar-refractivity contribution >= 4 is 17.7 Å². The molecule has 0 aromatic rings. The van der Waals surface area contributed by atoms with Crippen molar-refractivity contribution in [3.05, 3.63) is 0 Å². The minimum atomic E-state index is -2.55.